The van der Waals surface area contributed by atoms with Gasteiger partial charge in [-0.15, -0.1) is 0 Å². The minimum absolute atomic E-state index is 0.400. The van der Waals surface area contributed by atoms with Crippen LogP contribution in [0.2, 0.25) is 0 Å². The molecule has 1 aliphatic carbocycles. The molecule has 0 amide bonds. The Morgan fingerprint density at radius 1 is 1.26 bits per heavy atom. The molecule has 1 saturated carbocycles. The van der Waals surface area contributed by atoms with Crippen LogP contribution in [0.1, 0.15) is 31.7 Å². The lowest BCUT2D eigenvalue weighted by Crippen LogP contribution is -2.40. The molecule has 0 spiro atoms. The zero-order chi connectivity index (χ0) is 16.5. The fourth-order valence-electron chi connectivity index (χ4n) is 2.64. The Hall–Kier alpha value is -1.75. The minimum Gasteiger partial charge on any atom is -0.496 e. The van der Waals surface area contributed by atoms with Crippen molar-refractivity contribution in [2.24, 2.45) is 10.4 Å². The highest BCUT2D eigenvalue weighted by atomic mass is 16.5. The summed E-state index contributed by atoms with van der Waals surface area (Å²) in [5.41, 5.74) is 1.52. The Bertz CT molecular complexity index is 513. The number of methoxy groups -OCH3 is 1. The molecule has 0 unspecified atom stereocenters. The second-order valence-corrected chi connectivity index (χ2v) is 6.04. The number of guanidine groups is 1. The summed E-state index contributed by atoms with van der Waals surface area (Å²) in [6.07, 6.45) is 3.67. The van der Waals surface area contributed by atoms with E-state index in [0.717, 1.165) is 43.5 Å². The highest BCUT2D eigenvalue weighted by molar-refractivity contribution is 5.79. The van der Waals surface area contributed by atoms with Crippen molar-refractivity contribution in [3.05, 3.63) is 29.8 Å². The molecular formula is C18H29N3O2. The number of hydrogen-bond donors (Lipinski definition) is 2. The molecule has 2 N–H and O–H groups in total. The molecule has 0 heterocycles. The van der Waals surface area contributed by atoms with Crippen molar-refractivity contribution in [2.45, 2.75) is 32.7 Å². The number of hydrogen-bond acceptors (Lipinski definition) is 3. The average molecular weight is 319 g/mol. The first-order valence-electron chi connectivity index (χ1n) is 8.37. The fraction of sp³-hybridized carbons (Fsp3) is 0.611. The summed E-state index contributed by atoms with van der Waals surface area (Å²) >= 11 is 0. The summed E-state index contributed by atoms with van der Waals surface area (Å²) < 4.78 is 10.9. The lowest BCUT2D eigenvalue weighted by Gasteiger charge is -2.19. The third-order valence-corrected chi connectivity index (χ3v) is 4.43. The van der Waals surface area contributed by atoms with Gasteiger partial charge in [-0.25, -0.2) is 0 Å². The summed E-state index contributed by atoms with van der Waals surface area (Å²) in [6, 6.07) is 8.02. The molecular weight excluding hydrogens is 290 g/mol. The zero-order valence-electron chi connectivity index (χ0n) is 14.5. The van der Waals surface area contributed by atoms with Crippen LogP contribution in [0.25, 0.3) is 0 Å². The van der Waals surface area contributed by atoms with Gasteiger partial charge in [0, 0.05) is 38.9 Å². The predicted octanol–water partition coefficient (Wildman–Crippen LogP) is 2.57. The van der Waals surface area contributed by atoms with Gasteiger partial charge in [0.25, 0.3) is 0 Å². The maximum Gasteiger partial charge on any atom is 0.191 e. The first kappa shape index (κ1) is 17.6. The first-order chi connectivity index (χ1) is 11.2. The fourth-order valence-corrected chi connectivity index (χ4v) is 2.64. The van der Waals surface area contributed by atoms with Gasteiger partial charge in [0.05, 0.1) is 7.11 Å². The molecule has 5 nitrogen and oxygen atoms in total. The quantitative estimate of drug-likeness (QED) is 0.417. The number of ether oxygens (including phenoxy) is 2. The monoisotopic (exact) mass is 319 g/mol. The van der Waals surface area contributed by atoms with Crippen LogP contribution in [0.5, 0.6) is 5.75 Å². The van der Waals surface area contributed by atoms with Crippen molar-refractivity contribution in [3.8, 4) is 5.75 Å². The van der Waals surface area contributed by atoms with Gasteiger partial charge in [-0.3, -0.25) is 4.99 Å². The van der Waals surface area contributed by atoms with E-state index < -0.39 is 0 Å². The number of rotatable bonds is 9. The molecule has 0 atom stereocenters. The molecule has 0 aliphatic heterocycles. The standard InChI is InChI=1S/C18H29N3O2/c1-4-23-12-11-18(9-10-18)14-21-17(19-2)20-13-15-7-5-6-8-16(15)22-3/h5-8H,4,9-14H2,1-3H3,(H2,19,20,21). The SMILES string of the molecule is CCOCCC1(CNC(=NC)NCc2ccccc2OC)CC1. The van der Waals surface area contributed by atoms with E-state index in [1.165, 1.54) is 12.8 Å². The number of nitrogens with zero attached hydrogens (tertiary/aromatic N) is 1. The van der Waals surface area contributed by atoms with E-state index in [2.05, 4.69) is 21.7 Å². The van der Waals surface area contributed by atoms with Crippen LogP contribution in [0.3, 0.4) is 0 Å². The van der Waals surface area contributed by atoms with Crippen molar-refractivity contribution in [1.82, 2.24) is 10.6 Å². The normalized spacial score (nSPS) is 16.0. The van der Waals surface area contributed by atoms with E-state index >= 15 is 0 Å². The van der Waals surface area contributed by atoms with Gasteiger partial charge in [0.2, 0.25) is 0 Å². The van der Waals surface area contributed by atoms with Crippen molar-refractivity contribution in [3.63, 3.8) is 0 Å². The van der Waals surface area contributed by atoms with Gasteiger partial charge < -0.3 is 20.1 Å². The smallest absolute Gasteiger partial charge is 0.191 e. The molecule has 2 rings (SSSR count). The molecule has 0 radical (unpaired) electrons. The van der Waals surface area contributed by atoms with Gasteiger partial charge in [-0.2, -0.15) is 0 Å². The van der Waals surface area contributed by atoms with Crippen LogP contribution < -0.4 is 15.4 Å². The maximum atomic E-state index is 5.49. The summed E-state index contributed by atoms with van der Waals surface area (Å²) in [7, 11) is 3.50. The summed E-state index contributed by atoms with van der Waals surface area (Å²) in [5, 5.41) is 6.81. The molecule has 5 heteroatoms. The van der Waals surface area contributed by atoms with Crippen molar-refractivity contribution < 1.29 is 9.47 Å². The molecule has 0 saturated heterocycles. The van der Waals surface area contributed by atoms with Crippen molar-refractivity contribution in [1.29, 1.82) is 0 Å². The van der Waals surface area contributed by atoms with Gasteiger partial charge >= 0.3 is 0 Å². The Morgan fingerprint density at radius 3 is 2.70 bits per heavy atom. The van der Waals surface area contributed by atoms with E-state index in [9.17, 15) is 0 Å². The Morgan fingerprint density at radius 2 is 2.04 bits per heavy atom. The van der Waals surface area contributed by atoms with E-state index in [1.807, 2.05) is 25.1 Å². The third kappa shape index (κ3) is 5.43. The molecule has 0 aromatic heterocycles. The second kappa shape index (κ2) is 8.77. The van der Waals surface area contributed by atoms with Gasteiger partial charge in [-0.1, -0.05) is 18.2 Å². The average Bonchev–Trinajstić information content (AvgIpc) is 3.36. The molecule has 128 valence electrons. The Balaban J connectivity index is 1.78. The lowest BCUT2D eigenvalue weighted by atomic mass is 10.0. The third-order valence-electron chi connectivity index (χ3n) is 4.43. The highest BCUT2D eigenvalue weighted by Crippen LogP contribution is 2.48. The van der Waals surface area contributed by atoms with Crippen molar-refractivity contribution >= 4 is 5.96 Å². The van der Waals surface area contributed by atoms with Gasteiger partial charge in [-0.05, 0) is 37.7 Å². The van der Waals surface area contributed by atoms with Crippen molar-refractivity contribution in [2.75, 3.05) is 33.9 Å². The predicted molar refractivity (Wildman–Crippen MR) is 94.0 cm³/mol. The molecule has 1 aliphatic rings. The van der Waals surface area contributed by atoms with E-state index in [0.29, 0.717) is 12.0 Å². The molecule has 1 fully saturated rings. The molecule has 1 aromatic rings. The Labute approximate surface area is 139 Å². The number of benzene rings is 1. The second-order valence-electron chi connectivity index (χ2n) is 6.04. The van der Waals surface area contributed by atoms with Gasteiger partial charge in [0.15, 0.2) is 5.96 Å². The summed E-state index contributed by atoms with van der Waals surface area (Å²) in [5.74, 6) is 1.73. The van der Waals surface area contributed by atoms with Crippen LogP contribution in [0, 0.1) is 5.41 Å². The molecule has 0 bridgehead atoms. The minimum atomic E-state index is 0.400. The van der Waals surface area contributed by atoms with E-state index in [4.69, 9.17) is 9.47 Å². The lowest BCUT2D eigenvalue weighted by molar-refractivity contribution is 0.128. The topological polar surface area (TPSA) is 54.9 Å². The first-order valence-corrected chi connectivity index (χ1v) is 8.37. The highest BCUT2D eigenvalue weighted by Gasteiger charge is 2.41. The number of aliphatic imine (C=N–C) groups is 1. The zero-order valence-corrected chi connectivity index (χ0v) is 14.5. The summed E-state index contributed by atoms with van der Waals surface area (Å²) in [6.45, 7) is 5.33. The van der Waals surface area contributed by atoms with Gasteiger partial charge in [0.1, 0.15) is 5.75 Å². The van der Waals surface area contributed by atoms with E-state index in [1.54, 1.807) is 14.2 Å². The van der Waals surface area contributed by atoms with E-state index in [-0.39, 0.29) is 0 Å². The molecule has 23 heavy (non-hydrogen) atoms. The van der Waals surface area contributed by atoms with Crippen LogP contribution in [-0.2, 0) is 11.3 Å². The largest absolute Gasteiger partial charge is 0.496 e. The molecule has 1 aromatic carbocycles. The number of nitrogens with one attached hydrogen (secondary N) is 2. The Kier molecular flexibility index (Phi) is 6.71. The maximum absolute atomic E-state index is 5.49. The summed E-state index contributed by atoms with van der Waals surface area (Å²) in [4.78, 5) is 4.31. The van der Waals surface area contributed by atoms with Crippen LogP contribution in [0.4, 0.5) is 0 Å². The van der Waals surface area contributed by atoms with Crippen LogP contribution in [-0.4, -0.2) is 39.9 Å². The van der Waals surface area contributed by atoms with Crippen LogP contribution >= 0.6 is 0 Å². The number of para-hydroxylation sites is 1. The van der Waals surface area contributed by atoms with Crippen LogP contribution in [0.15, 0.2) is 29.3 Å².